The van der Waals surface area contributed by atoms with Crippen molar-refractivity contribution >= 4 is 17.4 Å². The summed E-state index contributed by atoms with van der Waals surface area (Å²) in [6, 6.07) is 7.63. The van der Waals surface area contributed by atoms with Crippen LogP contribution in [0.4, 0.5) is 0 Å². The summed E-state index contributed by atoms with van der Waals surface area (Å²) < 4.78 is 3.77. The minimum Gasteiger partial charge on any atom is -0.345 e. The molecule has 0 aliphatic rings. The van der Waals surface area contributed by atoms with Crippen molar-refractivity contribution in [2.45, 2.75) is 19.9 Å². The average Bonchev–Trinajstić information content (AvgIpc) is 2.91. The Morgan fingerprint density at radius 1 is 1.43 bits per heavy atom. The summed E-state index contributed by atoms with van der Waals surface area (Å²) in [5, 5.41) is 6.78. The van der Waals surface area contributed by atoms with E-state index in [1.807, 2.05) is 31.2 Å². The molecule has 21 heavy (non-hydrogen) atoms. The van der Waals surface area contributed by atoms with Gasteiger partial charge < -0.3 is 11.1 Å². The van der Waals surface area contributed by atoms with Gasteiger partial charge in [-0.25, -0.2) is 0 Å². The Bertz CT molecular complexity index is 682. The van der Waals surface area contributed by atoms with E-state index in [9.17, 15) is 4.79 Å². The number of carbonyl (C=O) groups excluding carboxylic acids is 1. The van der Waals surface area contributed by atoms with Crippen molar-refractivity contribution in [1.82, 2.24) is 14.9 Å². The highest BCUT2D eigenvalue weighted by molar-refractivity contribution is 7.08. The number of nitrogens with one attached hydrogen (secondary N) is 1. The highest BCUT2D eigenvalue weighted by atomic mass is 32.1. The smallest absolute Gasteiger partial charge is 0.265 e. The van der Waals surface area contributed by atoms with Gasteiger partial charge in [-0.2, -0.15) is 0 Å². The van der Waals surface area contributed by atoms with Crippen molar-refractivity contribution in [2.75, 3.05) is 6.54 Å². The zero-order chi connectivity index (χ0) is 15.2. The molecule has 0 spiro atoms. The molecule has 1 amide bonds. The second kappa shape index (κ2) is 6.97. The molecule has 108 valence electrons. The average molecular weight is 300 g/mol. The van der Waals surface area contributed by atoms with Crippen molar-refractivity contribution in [3.05, 3.63) is 46.0 Å². The third kappa shape index (κ3) is 3.88. The fourth-order valence-electron chi connectivity index (χ4n) is 1.79. The van der Waals surface area contributed by atoms with Gasteiger partial charge in [-0.1, -0.05) is 28.5 Å². The molecule has 3 N–H and O–H groups in total. The van der Waals surface area contributed by atoms with Crippen molar-refractivity contribution in [3.63, 3.8) is 0 Å². The lowest BCUT2D eigenvalue weighted by molar-refractivity contribution is 0.0943. The summed E-state index contributed by atoms with van der Waals surface area (Å²) in [7, 11) is 0. The fraction of sp³-hybridized carbons (Fsp3) is 0.267. The molecule has 2 aromatic rings. The molecular weight excluding hydrogens is 284 g/mol. The molecule has 0 aliphatic carbocycles. The normalized spacial score (nSPS) is 11.4. The Hall–Kier alpha value is -2.23. The summed E-state index contributed by atoms with van der Waals surface area (Å²) in [6.07, 6.45) is 0. The van der Waals surface area contributed by atoms with Gasteiger partial charge in [-0.3, -0.25) is 4.79 Å². The first-order chi connectivity index (χ1) is 10.1. The number of hydrogen-bond acceptors (Lipinski definition) is 5. The Kier molecular flexibility index (Phi) is 5.04. The Labute approximate surface area is 127 Å². The van der Waals surface area contributed by atoms with Crippen LogP contribution in [0.2, 0.25) is 0 Å². The molecular formula is C15H16N4OS. The predicted octanol–water partition coefficient (Wildman–Crippen LogP) is 1.65. The van der Waals surface area contributed by atoms with Crippen molar-refractivity contribution < 1.29 is 4.79 Å². The lowest BCUT2D eigenvalue weighted by atomic mass is 10.1. The topological polar surface area (TPSA) is 80.9 Å². The molecule has 0 saturated heterocycles. The van der Waals surface area contributed by atoms with Gasteiger partial charge in [0.2, 0.25) is 0 Å². The van der Waals surface area contributed by atoms with Crippen LogP contribution in [0.3, 0.4) is 0 Å². The van der Waals surface area contributed by atoms with Crippen molar-refractivity contribution in [1.29, 1.82) is 0 Å². The standard InChI is InChI=1S/C15H16N4OS/c1-10(17-15(20)14-11(2)18-19-21-14)13-7-5-12(6-8-13)4-3-9-16/h5-8,10H,9,16H2,1-2H3,(H,17,20). The molecule has 1 atom stereocenters. The highest BCUT2D eigenvalue weighted by Crippen LogP contribution is 2.16. The molecule has 6 heteroatoms. The number of amides is 1. The summed E-state index contributed by atoms with van der Waals surface area (Å²) in [5.74, 6) is 5.62. The van der Waals surface area contributed by atoms with Gasteiger partial charge in [-0.05, 0) is 43.1 Å². The first-order valence-electron chi connectivity index (χ1n) is 6.50. The van der Waals surface area contributed by atoms with Crippen LogP contribution in [0, 0.1) is 18.8 Å². The Morgan fingerprint density at radius 3 is 2.71 bits per heavy atom. The molecule has 2 rings (SSSR count). The number of aryl methyl sites for hydroxylation is 1. The maximum Gasteiger partial charge on any atom is 0.265 e. The summed E-state index contributed by atoms with van der Waals surface area (Å²) in [5.41, 5.74) is 7.91. The summed E-state index contributed by atoms with van der Waals surface area (Å²) in [6.45, 7) is 4.05. The van der Waals surface area contributed by atoms with Crippen LogP contribution in [-0.4, -0.2) is 22.0 Å². The minimum absolute atomic E-state index is 0.101. The minimum atomic E-state index is -0.151. The second-order valence-corrected chi connectivity index (χ2v) is 5.26. The van der Waals surface area contributed by atoms with Crippen LogP contribution < -0.4 is 11.1 Å². The van der Waals surface area contributed by atoms with E-state index >= 15 is 0 Å². The van der Waals surface area contributed by atoms with Gasteiger partial charge in [0.15, 0.2) is 0 Å². The quantitative estimate of drug-likeness (QED) is 0.845. The number of nitrogens with zero attached hydrogens (tertiary/aromatic N) is 2. The Morgan fingerprint density at radius 2 is 2.14 bits per heavy atom. The maximum atomic E-state index is 12.1. The third-order valence-electron chi connectivity index (χ3n) is 2.95. The predicted molar refractivity (Wildman–Crippen MR) is 82.9 cm³/mol. The highest BCUT2D eigenvalue weighted by Gasteiger charge is 2.16. The number of carbonyl (C=O) groups is 1. The summed E-state index contributed by atoms with van der Waals surface area (Å²) in [4.78, 5) is 12.7. The molecule has 5 nitrogen and oxygen atoms in total. The Balaban J connectivity index is 2.05. The van der Waals surface area contributed by atoms with E-state index in [4.69, 9.17) is 5.73 Å². The number of benzene rings is 1. The van der Waals surface area contributed by atoms with E-state index in [0.29, 0.717) is 17.1 Å². The van der Waals surface area contributed by atoms with Gasteiger partial charge in [0.1, 0.15) is 4.88 Å². The molecule has 1 aromatic carbocycles. The van der Waals surface area contributed by atoms with Gasteiger partial charge in [-0.15, -0.1) is 5.10 Å². The van der Waals surface area contributed by atoms with Crippen molar-refractivity contribution in [2.24, 2.45) is 5.73 Å². The molecule has 0 aliphatic heterocycles. The molecule has 1 aromatic heterocycles. The maximum absolute atomic E-state index is 12.1. The van der Waals surface area contributed by atoms with Crippen LogP contribution in [0.25, 0.3) is 0 Å². The van der Waals surface area contributed by atoms with E-state index in [2.05, 4.69) is 26.7 Å². The number of aromatic nitrogens is 2. The zero-order valence-electron chi connectivity index (χ0n) is 11.9. The SMILES string of the molecule is Cc1nnsc1C(=O)NC(C)c1ccc(C#CCN)cc1. The van der Waals surface area contributed by atoms with Gasteiger partial charge in [0.25, 0.3) is 5.91 Å². The molecule has 0 saturated carbocycles. The van der Waals surface area contributed by atoms with Crippen LogP contribution >= 0.6 is 11.5 Å². The zero-order valence-corrected chi connectivity index (χ0v) is 12.7. The van der Waals surface area contributed by atoms with Crippen LogP contribution in [-0.2, 0) is 0 Å². The van der Waals surface area contributed by atoms with Gasteiger partial charge in [0.05, 0.1) is 18.3 Å². The largest absolute Gasteiger partial charge is 0.345 e. The lowest BCUT2D eigenvalue weighted by Gasteiger charge is -2.13. The van der Waals surface area contributed by atoms with E-state index in [-0.39, 0.29) is 11.9 Å². The van der Waals surface area contributed by atoms with E-state index in [1.165, 1.54) is 0 Å². The van der Waals surface area contributed by atoms with E-state index in [0.717, 1.165) is 22.7 Å². The third-order valence-corrected chi connectivity index (χ3v) is 3.78. The molecule has 1 unspecified atom stereocenters. The van der Waals surface area contributed by atoms with Gasteiger partial charge >= 0.3 is 0 Å². The van der Waals surface area contributed by atoms with Crippen LogP contribution in [0.15, 0.2) is 24.3 Å². The molecule has 1 heterocycles. The number of nitrogens with two attached hydrogens (primary N) is 1. The first-order valence-corrected chi connectivity index (χ1v) is 7.28. The van der Waals surface area contributed by atoms with Crippen LogP contribution in [0.5, 0.6) is 0 Å². The lowest BCUT2D eigenvalue weighted by Crippen LogP contribution is -2.26. The molecule has 0 fully saturated rings. The fourth-order valence-corrected chi connectivity index (χ4v) is 2.35. The van der Waals surface area contributed by atoms with E-state index in [1.54, 1.807) is 6.92 Å². The number of hydrogen-bond donors (Lipinski definition) is 2. The molecule has 0 bridgehead atoms. The first kappa shape index (κ1) is 15.2. The van der Waals surface area contributed by atoms with Gasteiger partial charge in [0, 0.05) is 5.56 Å². The van der Waals surface area contributed by atoms with E-state index < -0.39 is 0 Å². The molecule has 0 radical (unpaired) electrons. The monoisotopic (exact) mass is 300 g/mol. The number of rotatable bonds is 3. The van der Waals surface area contributed by atoms with Crippen molar-refractivity contribution in [3.8, 4) is 11.8 Å². The second-order valence-electron chi connectivity index (χ2n) is 4.51. The van der Waals surface area contributed by atoms with Crippen LogP contribution in [0.1, 0.15) is 39.5 Å². The summed E-state index contributed by atoms with van der Waals surface area (Å²) >= 11 is 1.10.